The largest absolute Gasteiger partial charge is 0.278 e. The molecule has 1 N–H and O–H groups in total. The molecule has 0 radical (unpaired) electrons. The van der Waals surface area contributed by atoms with Crippen LogP contribution in [-0.2, 0) is 10.0 Å². The van der Waals surface area contributed by atoms with Gasteiger partial charge >= 0.3 is 0 Å². The summed E-state index contributed by atoms with van der Waals surface area (Å²) in [5.74, 6) is 0. The quantitative estimate of drug-likeness (QED) is 0.564. The standard InChI is InChI=1S/C13H9Br3ClNO2S/c1-7-4-11(16)13(6-9(7)14)21(19,20)18-12-3-2-8(17)5-10(12)15/h2-6,18H,1H3. The highest BCUT2D eigenvalue weighted by Crippen LogP contribution is 2.32. The zero-order valence-electron chi connectivity index (χ0n) is 10.6. The van der Waals surface area contributed by atoms with Crippen LogP contribution in [0.5, 0.6) is 0 Å². The summed E-state index contributed by atoms with van der Waals surface area (Å²) in [6, 6.07) is 8.14. The maximum absolute atomic E-state index is 12.5. The lowest BCUT2D eigenvalue weighted by molar-refractivity contribution is 0.600. The van der Waals surface area contributed by atoms with Gasteiger partial charge in [0.25, 0.3) is 10.0 Å². The van der Waals surface area contributed by atoms with Crippen molar-refractivity contribution in [3.8, 4) is 0 Å². The van der Waals surface area contributed by atoms with E-state index in [4.69, 9.17) is 11.6 Å². The van der Waals surface area contributed by atoms with Crippen molar-refractivity contribution < 1.29 is 8.42 Å². The van der Waals surface area contributed by atoms with E-state index in [1.807, 2.05) is 6.92 Å². The fraction of sp³-hybridized carbons (Fsp3) is 0.0769. The van der Waals surface area contributed by atoms with E-state index in [1.54, 1.807) is 30.3 Å². The first-order chi connectivity index (χ1) is 9.70. The molecule has 0 spiro atoms. The summed E-state index contributed by atoms with van der Waals surface area (Å²) >= 11 is 15.8. The molecule has 2 aromatic rings. The minimum Gasteiger partial charge on any atom is -0.278 e. The van der Waals surface area contributed by atoms with Crippen LogP contribution in [0.4, 0.5) is 5.69 Å². The number of hydrogen-bond acceptors (Lipinski definition) is 2. The van der Waals surface area contributed by atoms with Crippen LogP contribution in [0.2, 0.25) is 5.02 Å². The van der Waals surface area contributed by atoms with E-state index in [2.05, 4.69) is 52.5 Å². The summed E-state index contributed by atoms with van der Waals surface area (Å²) < 4.78 is 29.3. The monoisotopic (exact) mass is 515 g/mol. The molecular weight excluding hydrogens is 509 g/mol. The van der Waals surface area contributed by atoms with Crippen LogP contribution in [-0.4, -0.2) is 8.42 Å². The molecule has 3 nitrogen and oxygen atoms in total. The number of anilines is 1. The zero-order chi connectivity index (χ0) is 15.8. The number of hydrogen-bond donors (Lipinski definition) is 1. The predicted octanol–water partition coefficient (Wildman–Crippen LogP) is 5.74. The second-order valence-corrected chi connectivity index (χ2v) is 8.91. The highest BCUT2D eigenvalue weighted by Gasteiger charge is 2.20. The summed E-state index contributed by atoms with van der Waals surface area (Å²) in [4.78, 5) is 0.154. The Balaban J connectivity index is 2.46. The molecule has 0 saturated carbocycles. The van der Waals surface area contributed by atoms with Crippen molar-refractivity contribution in [2.45, 2.75) is 11.8 Å². The normalized spacial score (nSPS) is 11.5. The molecule has 0 heterocycles. The molecule has 0 aliphatic heterocycles. The van der Waals surface area contributed by atoms with Crippen molar-refractivity contribution in [3.63, 3.8) is 0 Å². The summed E-state index contributed by atoms with van der Waals surface area (Å²) in [5.41, 5.74) is 1.36. The van der Waals surface area contributed by atoms with Gasteiger partial charge in [-0.3, -0.25) is 4.72 Å². The molecule has 0 fully saturated rings. The van der Waals surface area contributed by atoms with Gasteiger partial charge in [0.1, 0.15) is 4.90 Å². The molecule has 0 amide bonds. The maximum atomic E-state index is 12.5. The topological polar surface area (TPSA) is 46.2 Å². The highest BCUT2D eigenvalue weighted by atomic mass is 79.9. The highest BCUT2D eigenvalue weighted by molar-refractivity contribution is 9.11. The zero-order valence-corrected chi connectivity index (χ0v) is 17.0. The minimum atomic E-state index is -3.72. The summed E-state index contributed by atoms with van der Waals surface area (Å²) in [7, 11) is -3.72. The molecule has 21 heavy (non-hydrogen) atoms. The van der Waals surface area contributed by atoms with Crippen molar-refractivity contribution in [1.82, 2.24) is 0 Å². The molecule has 8 heteroatoms. The van der Waals surface area contributed by atoms with E-state index in [-0.39, 0.29) is 4.90 Å². The Labute approximate surface area is 153 Å². The third-order valence-electron chi connectivity index (χ3n) is 2.68. The molecule has 0 bridgehead atoms. The Morgan fingerprint density at radius 2 is 1.67 bits per heavy atom. The predicted molar refractivity (Wildman–Crippen MR) is 96.5 cm³/mol. The molecule has 0 aromatic heterocycles. The number of aryl methyl sites for hydroxylation is 1. The summed E-state index contributed by atoms with van der Waals surface area (Å²) in [6.07, 6.45) is 0. The third-order valence-corrected chi connectivity index (χ3v) is 6.75. The fourth-order valence-corrected chi connectivity index (χ4v) is 5.28. The molecule has 0 saturated heterocycles. The van der Waals surface area contributed by atoms with E-state index >= 15 is 0 Å². The lowest BCUT2D eigenvalue weighted by atomic mass is 10.2. The number of sulfonamides is 1. The van der Waals surface area contributed by atoms with Crippen LogP contribution in [0.15, 0.2) is 48.6 Å². The first kappa shape index (κ1) is 17.3. The van der Waals surface area contributed by atoms with E-state index in [0.29, 0.717) is 19.7 Å². The SMILES string of the molecule is Cc1cc(Br)c(S(=O)(=O)Nc2ccc(Cl)cc2Br)cc1Br. The molecule has 0 aliphatic rings. The Kier molecular flexibility index (Phi) is 5.41. The fourth-order valence-electron chi connectivity index (χ4n) is 1.61. The van der Waals surface area contributed by atoms with Crippen molar-refractivity contribution in [1.29, 1.82) is 0 Å². The van der Waals surface area contributed by atoms with Gasteiger partial charge in [0.2, 0.25) is 0 Å². The third kappa shape index (κ3) is 4.01. The van der Waals surface area contributed by atoms with Gasteiger partial charge in [-0.1, -0.05) is 27.5 Å². The lowest BCUT2D eigenvalue weighted by Gasteiger charge is -2.12. The number of benzene rings is 2. The van der Waals surface area contributed by atoms with E-state index in [0.717, 1.165) is 10.0 Å². The molecule has 2 rings (SSSR count). The molecule has 2 aromatic carbocycles. The summed E-state index contributed by atoms with van der Waals surface area (Å²) in [5, 5.41) is 0.518. The molecular formula is C13H9Br3ClNO2S. The van der Waals surface area contributed by atoms with Crippen molar-refractivity contribution >= 4 is 75.1 Å². The molecule has 0 aliphatic carbocycles. The second kappa shape index (κ2) is 6.58. The van der Waals surface area contributed by atoms with Gasteiger partial charge in [-0.2, -0.15) is 0 Å². The van der Waals surface area contributed by atoms with Gasteiger partial charge in [-0.15, -0.1) is 0 Å². The number of halogens is 4. The van der Waals surface area contributed by atoms with Gasteiger partial charge in [0.15, 0.2) is 0 Å². The van der Waals surface area contributed by atoms with Crippen LogP contribution in [0.3, 0.4) is 0 Å². The molecule has 0 atom stereocenters. The smallest absolute Gasteiger partial charge is 0.263 e. The van der Waals surface area contributed by atoms with Gasteiger partial charge in [-0.05, 0) is 74.7 Å². The Morgan fingerprint density at radius 3 is 2.29 bits per heavy atom. The van der Waals surface area contributed by atoms with Crippen molar-refractivity contribution in [2.24, 2.45) is 0 Å². The maximum Gasteiger partial charge on any atom is 0.263 e. The van der Waals surface area contributed by atoms with Crippen molar-refractivity contribution in [3.05, 3.63) is 54.3 Å². The first-order valence-electron chi connectivity index (χ1n) is 5.64. The summed E-state index contributed by atoms with van der Waals surface area (Å²) in [6.45, 7) is 1.88. The van der Waals surface area contributed by atoms with Crippen LogP contribution < -0.4 is 4.72 Å². The minimum absolute atomic E-state index is 0.154. The van der Waals surface area contributed by atoms with Gasteiger partial charge < -0.3 is 0 Å². The van der Waals surface area contributed by atoms with Gasteiger partial charge in [-0.25, -0.2) is 8.42 Å². The Morgan fingerprint density at radius 1 is 1.00 bits per heavy atom. The van der Waals surface area contributed by atoms with Crippen LogP contribution in [0.1, 0.15) is 5.56 Å². The van der Waals surface area contributed by atoms with E-state index in [1.165, 1.54) is 0 Å². The van der Waals surface area contributed by atoms with E-state index < -0.39 is 10.0 Å². The lowest BCUT2D eigenvalue weighted by Crippen LogP contribution is -2.14. The number of rotatable bonds is 3. The van der Waals surface area contributed by atoms with Gasteiger partial charge in [0, 0.05) is 18.4 Å². The average Bonchev–Trinajstić information content (AvgIpc) is 2.37. The first-order valence-corrected chi connectivity index (χ1v) is 9.88. The van der Waals surface area contributed by atoms with Crippen LogP contribution in [0.25, 0.3) is 0 Å². The Bertz CT molecular complexity index is 809. The number of nitrogens with one attached hydrogen (secondary N) is 1. The Hall–Kier alpha value is -0.0800. The second-order valence-electron chi connectivity index (χ2n) is 4.26. The molecule has 0 unspecified atom stereocenters. The average molecular weight is 518 g/mol. The van der Waals surface area contributed by atoms with Crippen LogP contribution >= 0.6 is 59.4 Å². The van der Waals surface area contributed by atoms with Gasteiger partial charge in [0.05, 0.1) is 5.69 Å². The van der Waals surface area contributed by atoms with E-state index in [9.17, 15) is 8.42 Å². The van der Waals surface area contributed by atoms with Crippen molar-refractivity contribution in [2.75, 3.05) is 4.72 Å². The molecule has 112 valence electrons. The van der Waals surface area contributed by atoms with Crippen LogP contribution in [0, 0.1) is 6.92 Å².